The van der Waals surface area contributed by atoms with Crippen molar-refractivity contribution in [2.24, 2.45) is 0 Å². The van der Waals surface area contributed by atoms with Crippen molar-refractivity contribution in [1.29, 1.82) is 0 Å². The summed E-state index contributed by atoms with van der Waals surface area (Å²) in [6, 6.07) is 22.6. The third-order valence-corrected chi connectivity index (χ3v) is 6.71. The van der Waals surface area contributed by atoms with Gasteiger partial charge in [-0.1, -0.05) is 42.5 Å². The van der Waals surface area contributed by atoms with E-state index in [1.807, 2.05) is 47.5 Å². The van der Waals surface area contributed by atoms with E-state index in [-0.39, 0.29) is 17.6 Å². The summed E-state index contributed by atoms with van der Waals surface area (Å²) in [5, 5.41) is 1.09. The Morgan fingerprint density at radius 1 is 0.971 bits per heavy atom. The van der Waals surface area contributed by atoms with Gasteiger partial charge in [0.1, 0.15) is 11.6 Å². The number of piperazine rings is 1. The third-order valence-electron chi connectivity index (χ3n) is 6.71. The molecule has 1 fully saturated rings. The summed E-state index contributed by atoms with van der Waals surface area (Å²) >= 11 is 0. The Labute approximate surface area is 198 Å². The Morgan fingerprint density at radius 3 is 2.44 bits per heavy atom. The van der Waals surface area contributed by atoms with Crippen LogP contribution in [0.1, 0.15) is 23.5 Å². The predicted octanol–water partition coefficient (Wildman–Crippen LogP) is 5.19. The number of para-hydroxylation sites is 3. The number of hydrogen-bond donors (Lipinski definition) is 1. The lowest BCUT2D eigenvalue weighted by atomic mass is 9.87. The van der Waals surface area contributed by atoms with Crippen molar-refractivity contribution in [2.45, 2.75) is 12.3 Å². The first kappa shape index (κ1) is 22.0. The maximum Gasteiger partial charge on any atom is 0.223 e. The zero-order chi connectivity index (χ0) is 23.5. The van der Waals surface area contributed by atoms with Crippen molar-refractivity contribution in [3.05, 3.63) is 95.9 Å². The zero-order valence-electron chi connectivity index (χ0n) is 19.2. The molecule has 0 aliphatic carbocycles. The summed E-state index contributed by atoms with van der Waals surface area (Å²) in [7, 11) is 1.68. The van der Waals surface area contributed by atoms with Gasteiger partial charge in [-0.2, -0.15) is 0 Å². The van der Waals surface area contributed by atoms with Gasteiger partial charge in [0.05, 0.1) is 12.8 Å². The largest absolute Gasteiger partial charge is 0.495 e. The van der Waals surface area contributed by atoms with Gasteiger partial charge in [-0.05, 0) is 41.5 Å². The maximum atomic E-state index is 13.6. The lowest BCUT2D eigenvalue weighted by molar-refractivity contribution is -0.131. The molecule has 0 spiro atoms. The first-order valence-corrected chi connectivity index (χ1v) is 11.6. The van der Waals surface area contributed by atoms with Gasteiger partial charge in [0.2, 0.25) is 5.91 Å². The summed E-state index contributed by atoms with van der Waals surface area (Å²) in [4.78, 5) is 21.0. The standard InChI is InChI=1S/C28H28FN3O2/c1-34-27-9-5-4-8-26(27)31-14-16-32(17-15-31)28(33)18-23(20-10-12-21(29)13-11-20)24-19-30-25-7-3-2-6-22(24)25/h2-13,19,23,30H,14-18H2,1H3. The van der Waals surface area contributed by atoms with Crippen LogP contribution in [0.5, 0.6) is 5.75 Å². The molecule has 1 aromatic heterocycles. The average Bonchev–Trinajstić information content (AvgIpc) is 3.32. The molecule has 0 bridgehead atoms. The number of methoxy groups -OCH3 is 1. The van der Waals surface area contributed by atoms with Crippen molar-refractivity contribution >= 4 is 22.5 Å². The summed E-state index contributed by atoms with van der Waals surface area (Å²) in [5.41, 5.74) is 4.08. The molecule has 4 aromatic rings. The molecule has 1 N–H and O–H groups in total. The minimum absolute atomic E-state index is 0.110. The fourth-order valence-corrected chi connectivity index (χ4v) is 4.88. The molecule has 1 unspecified atom stereocenters. The molecule has 0 radical (unpaired) electrons. The Hall–Kier alpha value is -3.80. The van der Waals surface area contributed by atoms with Crippen LogP contribution in [0.4, 0.5) is 10.1 Å². The molecule has 5 nitrogen and oxygen atoms in total. The fraction of sp³-hybridized carbons (Fsp3) is 0.250. The fourth-order valence-electron chi connectivity index (χ4n) is 4.88. The minimum Gasteiger partial charge on any atom is -0.495 e. The number of hydrogen-bond acceptors (Lipinski definition) is 3. The van der Waals surface area contributed by atoms with Crippen molar-refractivity contribution in [1.82, 2.24) is 9.88 Å². The number of carbonyl (C=O) groups is 1. The molecule has 3 aromatic carbocycles. The highest BCUT2D eigenvalue weighted by Crippen LogP contribution is 2.34. The minimum atomic E-state index is -0.278. The van der Waals surface area contributed by atoms with Crippen LogP contribution in [-0.4, -0.2) is 49.1 Å². The lowest BCUT2D eigenvalue weighted by Gasteiger charge is -2.37. The van der Waals surface area contributed by atoms with Crippen molar-refractivity contribution in [3.8, 4) is 5.75 Å². The number of nitrogens with zero attached hydrogens (tertiary/aromatic N) is 2. The lowest BCUT2D eigenvalue weighted by Crippen LogP contribution is -2.49. The zero-order valence-corrected chi connectivity index (χ0v) is 19.2. The summed E-state index contributed by atoms with van der Waals surface area (Å²) < 4.78 is 19.1. The number of aromatic amines is 1. The monoisotopic (exact) mass is 457 g/mol. The topological polar surface area (TPSA) is 48.6 Å². The van der Waals surface area contributed by atoms with Crippen LogP contribution in [-0.2, 0) is 4.79 Å². The second-order valence-corrected chi connectivity index (χ2v) is 8.64. The predicted molar refractivity (Wildman–Crippen MR) is 133 cm³/mol. The summed E-state index contributed by atoms with van der Waals surface area (Å²) in [6.45, 7) is 2.81. The van der Waals surface area contributed by atoms with Crippen LogP contribution in [0.2, 0.25) is 0 Å². The van der Waals surface area contributed by atoms with Crippen molar-refractivity contribution in [3.63, 3.8) is 0 Å². The van der Waals surface area contributed by atoms with Crippen LogP contribution in [0.3, 0.4) is 0 Å². The molecular weight excluding hydrogens is 429 g/mol. The normalized spacial score (nSPS) is 14.9. The number of ether oxygens (including phenoxy) is 1. The molecule has 6 heteroatoms. The third kappa shape index (κ3) is 4.36. The van der Waals surface area contributed by atoms with Gasteiger partial charge in [0, 0.05) is 55.6 Å². The molecule has 34 heavy (non-hydrogen) atoms. The van der Waals surface area contributed by atoms with Gasteiger partial charge in [-0.25, -0.2) is 4.39 Å². The molecule has 5 rings (SSSR count). The van der Waals surface area contributed by atoms with Gasteiger partial charge in [0.25, 0.3) is 0 Å². The molecule has 1 amide bonds. The van der Waals surface area contributed by atoms with Crippen molar-refractivity contribution in [2.75, 3.05) is 38.2 Å². The Balaban J connectivity index is 1.35. The number of amides is 1. The highest BCUT2D eigenvalue weighted by atomic mass is 19.1. The average molecular weight is 458 g/mol. The van der Waals surface area contributed by atoms with E-state index in [4.69, 9.17) is 4.74 Å². The van der Waals surface area contributed by atoms with E-state index in [2.05, 4.69) is 22.0 Å². The Morgan fingerprint density at radius 2 is 1.68 bits per heavy atom. The van der Waals surface area contributed by atoms with Crippen LogP contribution in [0.15, 0.2) is 79.0 Å². The highest BCUT2D eigenvalue weighted by Gasteiger charge is 2.27. The number of carbonyl (C=O) groups excluding carboxylic acids is 1. The highest BCUT2D eigenvalue weighted by molar-refractivity contribution is 5.86. The molecule has 1 atom stereocenters. The van der Waals surface area contributed by atoms with Gasteiger partial charge >= 0.3 is 0 Å². The summed E-state index contributed by atoms with van der Waals surface area (Å²) in [5.74, 6) is 0.522. The number of rotatable bonds is 6. The van der Waals surface area contributed by atoms with Crippen LogP contribution >= 0.6 is 0 Å². The van der Waals surface area contributed by atoms with Gasteiger partial charge < -0.3 is 19.5 Å². The molecule has 2 heterocycles. The number of benzene rings is 3. The number of anilines is 1. The number of aromatic nitrogens is 1. The Bertz CT molecular complexity index is 1280. The van der Waals surface area contributed by atoms with Gasteiger partial charge in [0.15, 0.2) is 0 Å². The van der Waals surface area contributed by atoms with E-state index in [9.17, 15) is 9.18 Å². The van der Waals surface area contributed by atoms with E-state index in [1.165, 1.54) is 12.1 Å². The number of nitrogens with one attached hydrogen (secondary N) is 1. The van der Waals surface area contributed by atoms with E-state index >= 15 is 0 Å². The van der Waals surface area contributed by atoms with E-state index < -0.39 is 0 Å². The second kappa shape index (κ2) is 9.59. The van der Waals surface area contributed by atoms with Gasteiger partial charge in [-0.15, -0.1) is 0 Å². The van der Waals surface area contributed by atoms with Gasteiger partial charge in [-0.3, -0.25) is 4.79 Å². The molecular formula is C28H28FN3O2. The molecule has 174 valence electrons. The first-order valence-electron chi connectivity index (χ1n) is 11.6. The number of fused-ring (bicyclic) bond motifs is 1. The van der Waals surface area contributed by atoms with Crippen LogP contribution in [0, 0.1) is 5.82 Å². The molecule has 1 aliphatic heterocycles. The Kier molecular flexibility index (Phi) is 6.21. The number of H-pyrrole nitrogens is 1. The van der Waals surface area contributed by atoms with Crippen LogP contribution < -0.4 is 9.64 Å². The summed E-state index contributed by atoms with van der Waals surface area (Å²) in [6.07, 6.45) is 2.31. The van der Waals surface area contributed by atoms with E-state index in [0.29, 0.717) is 19.5 Å². The maximum absolute atomic E-state index is 13.6. The van der Waals surface area contributed by atoms with Crippen molar-refractivity contribution < 1.29 is 13.9 Å². The van der Waals surface area contributed by atoms with Crippen LogP contribution in [0.25, 0.3) is 10.9 Å². The smallest absolute Gasteiger partial charge is 0.223 e. The molecule has 0 saturated carbocycles. The van der Waals surface area contributed by atoms with E-state index in [1.54, 1.807) is 19.2 Å². The van der Waals surface area contributed by atoms with E-state index in [0.717, 1.165) is 46.6 Å². The molecule has 1 saturated heterocycles. The molecule has 1 aliphatic rings. The first-order chi connectivity index (χ1) is 16.6. The quantitative estimate of drug-likeness (QED) is 0.434. The SMILES string of the molecule is COc1ccccc1N1CCN(C(=O)CC(c2ccc(F)cc2)c2c[nH]c3ccccc23)CC1. The number of halogens is 1. The second-order valence-electron chi connectivity index (χ2n) is 8.64.